The van der Waals surface area contributed by atoms with Crippen molar-refractivity contribution in [2.24, 2.45) is 5.41 Å². The van der Waals surface area contributed by atoms with E-state index in [1.807, 2.05) is 6.92 Å². The predicted octanol–water partition coefficient (Wildman–Crippen LogP) is 2.86. The van der Waals surface area contributed by atoms with Gasteiger partial charge in [0.15, 0.2) is 0 Å². The minimum Gasteiger partial charge on any atom is -0.383 e. The van der Waals surface area contributed by atoms with Gasteiger partial charge in [-0.25, -0.2) is 4.98 Å². The Kier molecular flexibility index (Phi) is 4.57. The fourth-order valence-corrected chi connectivity index (χ4v) is 1.62. The van der Waals surface area contributed by atoms with E-state index in [9.17, 15) is 0 Å². The molecule has 1 aromatic heterocycles. The first-order valence-electron chi connectivity index (χ1n) is 6.14. The van der Waals surface area contributed by atoms with Crippen LogP contribution in [0.1, 0.15) is 39.4 Å². The summed E-state index contributed by atoms with van der Waals surface area (Å²) < 4.78 is 7.25. The first-order valence-corrected chi connectivity index (χ1v) is 6.14. The molecule has 0 aromatic carbocycles. The molecule has 4 nitrogen and oxygen atoms in total. The number of aryl methyl sites for hydroxylation is 1. The number of anilines is 1. The topological polar surface area (TPSA) is 39.1 Å². The largest absolute Gasteiger partial charge is 0.383 e. The minimum atomic E-state index is 0.213. The third-order valence-electron chi connectivity index (χ3n) is 3.11. The minimum absolute atomic E-state index is 0.213. The highest BCUT2D eigenvalue weighted by Crippen LogP contribution is 2.32. The van der Waals surface area contributed by atoms with Crippen LogP contribution in [0.2, 0.25) is 0 Å². The Balaban J connectivity index is 2.84. The average Bonchev–Trinajstić information content (AvgIpc) is 2.57. The van der Waals surface area contributed by atoms with Crippen LogP contribution in [0.15, 0.2) is 6.20 Å². The van der Waals surface area contributed by atoms with Crippen molar-refractivity contribution in [1.82, 2.24) is 9.55 Å². The molecule has 1 aromatic rings. The maximum Gasteiger partial charge on any atom is 0.203 e. The Morgan fingerprint density at radius 3 is 2.65 bits per heavy atom. The third kappa shape index (κ3) is 3.73. The second kappa shape index (κ2) is 5.54. The first kappa shape index (κ1) is 14.0. The van der Waals surface area contributed by atoms with E-state index < -0.39 is 0 Å². The van der Waals surface area contributed by atoms with E-state index >= 15 is 0 Å². The monoisotopic (exact) mass is 239 g/mol. The molecule has 1 heterocycles. The third-order valence-corrected chi connectivity index (χ3v) is 3.11. The molecule has 0 spiro atoms. The van der Waals surface area contributed by atoms with Gasteiger partial charge < -0.3 is 14.6 Å². The Morgan fingerprint density at radius 2 is 2.12 bits per heavy atom. The lowest BCUT2D eigenvalue weighted by atomic mass is 9.88. The molecule has 0 saturated heterocycles. The molecule has 0 radical (unpaired) electrons. The van der Waals surface area contributed by atoms with E-state index in [4.69, 9.17) is 4.74 Å². The molecule has 0 aliphatic heterocycles. The standard InChI is InChI=1S/C13H25N3O/c1-10-9-16(11(2)13(3,4)5)12(15-10)14-7-8-17-6/h9,11H,7-8H2,1-6H3,(H,14,15). The zero-order valence-electron chi connectivity index (χ0n) is 11.9. The second-order valence-corrected chi connectivity index (χ2v) is 5.57. The molecule has 0 fully saturated rings. The van der Waals surface area contributed by atoms with Crippen LogP contribution >= 0.6 is 0 Å². The van der Waals surface area contributed by atoms with Crippen molar-refractivity contribution >= 4 is 5.95 Å². The van der Waals surface area contributed by atoms with Crippen LogP contribution < -0.4 is 5.32 Å². The number of rotatable bonds is 5. The van der Waals surface area contributed by atoms with Gasteiger partial charge in [-0.1, -0.05) is 20.8 Å². The first-order chi connectivity index (χ1) is 7.86. The van der Waals surface area contributed by atoms with E-state index in [0.717, 1.165) is 18.2 Å². The lowest BCUT2D eigenvalue weighted by molar-refractivity contribution is 0.210. The van der Waals surface area contributed by atoms with Gasteiger partial charge in [-0.3, -0.25) is 0 Å². The Bertz CT molecular complexity index is 352. The smallest absolute Gasteiger partial charge is 0.203 e. The SMILES string of the molecule is COCCNc1nc(C)cn1C(C)C(C)(C)C. The van der Waals surface area contributed by atoms with Crippen molar-refractivity contribution < 1.29 is 4.74 Å². The molecule has 0 aliphatic carbocycles. The highest BCUT2D eigenvalue weighted by molar-refractivity contribution is 5.29. The van der Waals surface area contributed by atoms with Crippen LogP contribution in [0, 0.1) is 12.3 Å². The van der Waals surface area contributed by atoms with Gasteiger partial charge in [0.1, 0.15) is 0 Å². The van der Waals surface area contributed by atoms with Crippen LogP contribution in [-0.4, -0.2) is 29.8 Å². The number of ether oxygens (including phenoxy) is 1. The normalized spacial score (nSPS) is 13.8. The van der Waals surface area contributed by atoms with Crippen LogP contribution in [-0.2, 0) is 4.74 Å². The molecule has 17 heavy (non-hydrogen) atoms. The number of imidazole rings is 1. The highest BCUT2D eigenvalue weighted by atomic mass is 16.5. The lowest BCUT2D eigenvalue weighted by Crippen LogP contribution is -2.23. The molecule has 1 rings (SSSR count). The molecule has 1 atom stereocenters. The van der Waals surface area contributed by atoms with Gasteiger partial charge in [-0.15, -0.1) is 0 Å². The molecular formula is C13H25N3O. The number of nitrogens with one attached hydrogen (secondary N) is 1. The second-order valence-electron chi connectivity index (χ2n) is 5.57. The molecule has 98 valence electrons. The van der Waals surface area contributed by atoms with Crippen molar-refractivity contribution in [3.63, 3.8) is 0 Å². The molecule has 0 saturated carbocycles. The molecular weight excluding hydrogens is 214 g/mol. The summed E-state index contributed by atoms with van der Waals surface area (Å²) in [6, 6.07) is 0.397. The van der Waals surface area contributed by atoms with Gasteiger partial charge in [-0.2, -0.15) is 0 Å². The van der Waals surface area contributed by atoms with Gasteiger partial charge in [0, 0.05) is 25.9 Å². The Morgan fingerprint density at radius 1 is 1.47 bits per heavy atom. The van der Waals surface area contributed by atoms with E-state index in [1.54, 1.807) is 7.11 Å². The van der Waals surface area contributed by atoms with Gasteiger partial charge in [0.2, 0.25) is 5.95 Å². The van der Waals surface area contributed by atoms with Crippen molar-refractivity contribution in [2.75, 3.05) is 25.6 Å². The summed E-state index contributed by atoms with van der Waals surface area (Å²) in [7, 11) is 1.71. The Hall–Kier alpha value is -1.03. The molecule has 0 amide bonds. The summed E-state index contributed by atoms with van der Waals surface area (Å²) in [5.41, 5.74) is 1.26. The van der Waals surface area contributed by atoms with Crippen LogP contribution in [0.4, 0.5) is 5.95 Å². The number of aromatic nitrogens is 2. The van der Waals surface area contributed by atoms with Gasteiger partial charge >= 0.3 is 0 Å². The van der Waals surface area contributed by atoms with Crippen molar-refractivity contribution in [1.29, 1.82) is 0 Å². The maximum atomic E-state index is 5.04. The van der Waals surface area contributed by atoms with E-state index in [-0.39, 0.29) is 5.41 Å². The maximum absolute atomic E-state index is 5.04. The van der Waals surface area contributed by atoms with Crippen molar-refractivity contribution in [3.05, 3.63) is 11.9 Å². The lowest BCUT2D eigenvalue weighted by Gasteiger charge is -2.29. The molecule has 1 unspecified atom stereocenters. The summed E-state index contributed by atoms with van der Waals surface area (Å²) in [4.78, 5) is 4.51. The predicted molar refractivity (Wildman–Crippen MR) is 71.5 cm³/mol. The molecule has 0 bridgehead atoms. The van der Waals surface area contributed by atoms with E-state index in [1.165, 1.54) is 0 Å². The van der Waals surface area contributed by atoms with Gasteiger partial charge in [0.05, 0.1) is 12.3 Å². The number of nitrogens with zero attached hydrogens (tertiary/aromatic N) is 2. The summed E-state index contributed by atoms with van der Waals surface area (Å²) >= 11 is 0. The molecule has 0 aliphatic rings. The quantitative estimate of drug-likeness (QED) is 0.803. The van der Waals surface area contributed by atoms with Crippen LogP contribution in [0.3, 0.4) is 0 Å². The highest BCUT2D eigenvalue weighted by Gasteiger charge is 2.23. The zero-order valence-corrected chi connectivity index (χ0v) is 11.9. The van der Waals surface area contributed by atoms with Crippen molar-refractivity contribution in [3.8, 4) is 0 Å². The Labute approximate surface area is 104 Å². The number of methoxy groups -OCH3 is 1. The van der Waals surface area contributed by atoms with Crippen LogP contribution in [0.25, 0.3) is 0 Å². The zero-order chi connectivity index (χ0) is 13.1. The van der Waals surface area contributed by atoms with Crippen LogP contribution in [0.5, 0.6) is 0 Å². The van der Waals surface area contributed by atoms with Gasteiger partial charge in [-0.05, 0) is 19.3 Å². The van der Waals surface area contributed by atoms with Crippen molar-refractivity contribution in [2.45, 2.75) is 40.7 Å². The van der Waals surface area contributed by atoms with E-state index in [2.05, 4.69) is 48.8 Å². The van der Waals surface area contributed by atoms with Gasteiger partial charge in [0.25, 0.3) is 0 Å². The summed E-state index contributed by atoms with van der Waals surface area (Å²) in [5.74, 6) is 0.932. The summed E-state index contributed by atoms with van der Waals surface area (Å²) in [5, 5.41) is 3.31. The fraction of sp³-hybridized carbons (Fsp3) is 0.769. The number of hydrogen-bond donors (Lipinski definition) is 1. The summed E-state index contributed by atoms with van der Waals surface area (Å²) in [6.07, 6.45) is 2.10. The molecule has 4 heteroatoms. The molecule has 1 N–H and O–H groups in total. The fourth-order valence-electron chi connectivity index (χ4n) is 1.62. The average molecular weight is 239 g/mol. The number of hydrogen-bond acceptors (Lipinski definition) is 3. The van der Waals surface area contributed by atoms with E-state index in [0.29, 0.717) is 12.6 Å². The summed E-state index contributed by atoms with van der Waals surface area (Å²) in [6.45, 7) is 12.4.